The van der Waals surface area contributed by atoms with Gasteiger partial charge in [-0.1, -0.05) is 11.6 Å². The van der Waals surface area contributed by atoms with Crippen LogP contribution in [-0.4, -0.2) is 62.3 Å². The van der Waals surface area contributed by atoms with Crippen molar-refractivity contribution in [1.82, 2.24) is 19.5 Å². The highest BCUT2D eigenvalue weighted by molar-refractivity contribution is 6.36. The molecule has 2 aromatic rings. The molecule has 0 spiro atoms. The number of hydrogen-bond acceptors (Lipinski definition) is 10. The first-order valence-corrected chi connectivity index (χ1v) is 9.61. The smallest absolute Gasteiger partial charge is 0.303 e. The van der Waals surface area contributed by atoms with Gasteiger partial charge >= 0.3 is 17.9 Å². The van der Waals surface area contributed by atoms with Crippen LogP contribution in [0.3, 0.4) is 0 Å². The van der Waals surface area contributed by atoms with E-state index in [-0.39, 0.29) is 33.5 Å². The van der Waals surface area contributed by atoms with Crippen LogP contribution in [0.25, 0.3) is 11.2 Å². The highest BCUT2D eigenvalue weighted by Crippen LogP contribution is 2.38. The maximum atomic E-state index is 11.7. The molecule has 162 valence electrons. The van der Waals surface area contributed by atoms with E-state index in [0.29, 0.717) is 0 Å². The normalized spacial score (nSPS) is 23.4. The van der Waals surface area contributed by atoms with Crippen LogP contribution in [0.1, 0.15) is 27.0 Å². The predicted molar refractivity (Wildman–Crippen MR) is 102 cm³/mol. The van der Waals surface area contributed by atoms with E-state index in [0.717, 1.165) is 0 Å². The standard InChI is InChI=1S/C16H15Cl3N4O7/c1-5(24)27-4-8-10(28-6(2)25)11(29-7(3)26)14(30-8)23-13-9(20-16(23)19)12(17)21-15(18)22-13/h8,10-11,14H,4H2,1-3H3/t8-,10-,11-,14-/m1/s1. The highest BCUT2D eigenvalue weighted by Gasteiger charge is 2.51. The fourth-order valence-corrected chi connectivity index (χ4v) is 3.69. The second-order valence-corrected chi connectivity index (χ2v) is 7.26. The first kappa shape index (κ1) is 22.5. The van der Waals surface area contributed by atoms with Crippen LogP contribution < -0.4 is 0 Å². The van der Waals surface area contributed by atoms with Crippen LogP contribution >= 0.6 is 34.8 Å². The molecule has 14 heteroatoms. The number of esters is 3. The second kappa shape index (κ2) is 8.88. The molecular formula is C16H15Cl3N4O7. The molecule has 4 atom stereocenters. The van der Waals surface area contributed by atoms with Gasteiger partial charge in [-0.05, 0) is 23.2 Å². The molecule has 1 aliphatic rings. The average Bonchev–Trinajstić information content (AvgIpc) is 3.10. The van der Waals surface area contributed by atoms with Crippen molar-refractivity contribution in [2.24, 2.45) is 0 Å². The van der Waals surface area contributed by atoms with E-state index in [1.54, 1.807) is 0 Å². The van der Waals surface area contributed by atoms with E-state index < -0.39 is 42.4 Å². The Balaban J connectivity index is 2.10. The number of imidazole rings is 1. The summed E-state index contributed by atoms with van der Waals surface area (Å²) in [4.78, 5) is 46.6. The number of rotatable bonds is 5. The lowest BCUT2D eigenvalue weighted by Gasteiger charge is -2.24. The summed E-state index contributed by atoms with van der Waals surface area (Å²) in [6, 6.07) is 0. The fraction of sp³-hybridized carbons (Fsp3) is 0.500. The number of hydrogen-bond donors (Lipinski definition) is 0. The van der Waals surface area contributed by atoms with Gasteiger partial charge in [0.1, 0.15) is 18.2 Å². The third kappa shape index (κ3) is 4.59. The average molecular weight is 482 g/mol. The highest BCUT2D eigenvalue weighted by atomic mass is 35.5. The zero-order valence-electron chi connectivity index (χ0n) is 15.8. The third-order valence-corrected chi connectivity index (χ3v) is 4.72. The Kier molecular flexibility index (Phi) is 6.65. The van der Waals surface area contributed by atoms with Gasteiger partial charge in [0.05, 0.1) is 0 Å². The van der Waals surface area contributed by atoms with Crippen molar-refractivity contribution in [3.63, 3.8) is 0 Å². The summed E-state index contributed by atoms with van der Waals surface area (Å²) in [6.07, 6.45) is -4.42. The quantitative estimate of drug-likeness (QED) is 0.206. The Morgan fingerprint density at radius 1 is 0.967 bits per heavy atom. The Labute approximate surface area is 184 Å². The molecule has 0 saturated carbocycles. The number of carbonyl (C=O) groups excluding carboxylic acids is 3. The molecule has 3 heterocycles. The van der Waals surface area contributed by atoms with Crippen LogP contribution in [0.2, 0.25) is 15.7 Å². The van der Waals surface area contributed by atoms with Gasteiger partial charge in [0.2, 0.25) is 10.6 Å². The first-order valence-electron chi connectivity index (χ1n) is 8.48. The van der Waals surface area contributed by atoms with Crippen molar-refractivity contribution in [3.05, 3.63) is 15.7 Å². The molecule has 0 bridgehead atoms. The molecule has 30 heavy (non-hydrogen) atoms. The molecule has 1 fully saturated rings. The molecule has 11 nitrogen and oxygen atoms in total. The largest absolute Gasteiger partial charge is 0.463 e. The molecular weight excluding hydrogens is 467 g/mol. The summed E-state index contributed by atoms with van der Waals surface area (Å²) >= 11 is 18.2. The van der Waals surface area contributed by atoms with E-state index in [2.05, 4.69) is 15.0 Å². The fourth-order valence-electron chi connectivity index (χ4n) is 3.02. The van der Waals surface area contributed by atoms with Gasteiger partial charge in [-0.25, -0.2) is 9.97 Å². The number of ether oxygens (including phenoxy) is 4. The van der Waals surface area contributed by atoms with E-state index >= 15 is 0 Å². The number of halogens is 3. The minimum absolute atomic E-state index is 0.0549. The van der Waals surface area contributed by atoms with Crippen LogP contribution in [0.4, 0.5) is 0 Å². The van der Waals surface area contributed by atoms with Crippen LogP contribution in [-0.2, 0) is 33.3 Å². The Morgan fingerprint density at radius 3 is 2.20 bits per heavy atom. The van der Waals surface area contributed by atoms with E-state index in [9.17, 15) is 14.4 Å². The lowest BCUT2D eigenvalue weighted by molar-refractivity contribution is -0.166. The van der Waals surface area contributed by atoms with Gasteiger partial charge in [0.15, 0.2) is 29.2 Å². The van der Waals surface area contributed by atoms with Gasteiger partial charge < -0.3 is 18.9 Å². The summed E-state index contributed by atoms with van der Waals surface area (Å²) in [5, 5.41) is -0.360. The summed E-state index contributed by atoms with van der Waals surface area (Å²) in [7, 11) is 0. The van der Waals surface area contributed by atoms with Gasteiger partial charge in [0.25, 0.3) is 0 Å². The van der Waals surface area contributed by atoms with Crippen LogP contribution in [0, 0.1) is 0 Å². The summed E-state index contributed by atoms with van der Waals surface area (Å²) in [5.74, 6) is -1.92. The third-order valence-electron chi connectivity index (χ3n) is 4.02. The Morgan fingerprint density at radius 2 is 1.60 bits per heavy atom. The molecule has 0 amide bonds. The van der Waals surface area contributed by atoms with Crippen molar-refractivity contribution in [2.75, 3.05) is 6.61 Å². The number of fused-ring (bicyclic) bond motifs is 1. The summed E-state index contributed by atoms with van der Waals surface area (Å²) in [6.45, 7) is 3.28. The summed E-state index contributed by atoms with van der Waals surface area (Å²) < 4.78 is 22.8. The van der Waals surface area contributed by atoms with Crippen molar-refractivity contribution in [1.29, 1.82) is 0 Å². The number of carbonyl (C=O) groups is 3. The van der Waals surface area contributed by atoms with Crippen LogP contribution in [0.15, 0.2) is 0 Å². The van der Waals surface area contributed by atoms with Gasteiger partial charge in [0, 0.05) is 20.8 Å². The van der Waals surface area contributed by atoms with Gasteiger partial charge in [-0.3, -0.25) is 19.0 Å². The maximum absolute atomic E-state index is 11.7. The maximum Gasteiger partial charge on any atom is 0.303 e. The van der Waals surface area contributed by atoms with Crippen molar-refractivity contribution < 1.29 is 33.3 Å². The van der Waals surface area contributed by atoms with Gasteiger partial charge in [-0.15, -0.1) is 0 Å². The van der Waals surface area contributed by atoms with Crippen molar-refractivity contribution in [3.8, 4) is 0 Å². The molecule has 1 aliphatic heterocycles. The first-order chi connectivity index (χ1) is 14.1. The predicted octanol–water partition coefficient (Wildman–Crippen LogP) is 2.11. The molecule has 0 aliphatic carbocycles. The molecule has 0 unspecified atom stereocenters. The monoisotopic (exact) mass is 480 g/mol. The van der Waals surface area contributed by atoms with E-state index in [1.165, 1.54) is 25.3 Å². The second-order valence-electron chi connectivity index (χ2n) is 6.22. The van der Waals surface area contributed by atoms with E-state index in [4.69, 9.17) is 53.8 Å². The SMILES string of the molecule is CC(=O)OC[C@H]1O[C@@H](n2c(Cl)nc3c(Cl)nc(Cl)nc32)[C@H](OC(C)=O)[C@@H]1OC(C)=O. The van der Waals surface area contributed by atoms with Crippen molar-refractivity contribution in [2.45, 2.75) is 45.3 Å². The summed E-state index contributed by atoms with van der Waals surface area (Å²) in [5.41, 5.74) is 0.227. The molecule has 3 rings (SSSR count). The Bertz CT molecular complexity index is 1010. The molecule has 0 aromatic carbocycles. The lowest BCUT2D eigenvalue weighted by atomic mass is 10.1. The topological polar surface area (TPSA) is 132 Å². The molecule has 1 saturated heterocycles. The zero-order valence-corrected chi connectivity index (χ0v) is 18.1. The van der Waals surface area contributed by atoms with Crippen molar-refractivity contribution >= 4 is 63.9 Å². The number of nitrogens with zero attached hydrogens (tertiary/aromatic N) is 4. The van der Waals surface area contributed by atoms with Gasteiger partial charge in [-0.2, -0.15) is 4.98 Å². The molecule has 0 radical (unpaired) electrons. The zero-order chi connectivity index (χ0) is 22.2. The minimum atomic E-state index is -1.17. The minimum Gasteiger partial charge on any atom is -0.463 e. The van der Waals surface area contributed by atoms with Crippen LogP contribution in [0.5, 0.6) is 0 Å². The molecule has 0 N–H and O–H groups in total. The number of aromatic nitrogens is 4. The van der Waals surface area contributed by atoms with E-state index in [1.807, 2.05) is 0 Å². The Hall–Kier alpha value is -2.21. The molecule has 2 aromatic heterocycles. The lowest BCUT2D eigenvalue weighted by Crippen LogP contribution is -2.40.